The maximum atomic E-state index is 5.61. The van der Waals surface area contributed by atoms with Crippen LogP contribution < -0.4 is 15.4 Å². The average Bonchev–Trinajstić information content (AvgIpc) is 3.20. The van der Waals surface area contributed by atoms with Gasteiger partial charge in [-0.2, -0.15) is 0 Å². The van der Waals surface area contributed by atoms with E-state index in [2.05, 4.69) is 46.6 Å². The first-order valence-corrected chi connectivity index (χ1v) is 9.68. The molecule has 152 valence electrons. The van der Waals surface area contributed by atoms with E-state index >= 15 is 0 Å². The minimum atomic E-state index is 0.531. The maximum Gasteiger partial charge on any atom is 0.226 e. The van der Waals surface area contributed by atoms with Gasteiger partial charge in [0, 0.05) is 19.2 Å². The molecule has 6 nitrogen and oxygen atoms in total. The number of methoxy groups -OCH3 is 1. The van der Waals surface area contributed by atoms with Crippen molar-refractivity contribution in [2.45, 2.75) is 26.8 Å². The number of benzene rings is 2. The highest BCUT2D eigenvalue weighted by molar-refractivity contribution is 5.79. The normalized spacial score (nSPS) is 11.4. The smallest absolute Gasteiger partial charge is 0.226 e. The van der Waals surface area contributed by atoms with E-state index in [1.807, 2.05) is 30.3 Å². The summed E-state index contributed by atoms with van der Waals surface area (Å²) in [5.74, 6) is 2.25. The van der Waals surface area contributed by atoms with Gasteiger partial charge in [-0.1, -0.05) is 35.4 Å². The summed E-state index contributed by atoms with van der Waals surface area (Å²) in [7, 11) is 3.45. The lowest BCUT2D eigenvalue weighted by molar-refractivity contribution is 0.409. The second kappa shape index (κ2) is 9.78. The molecule has 1 aromatic heterocycles. The van der Waals surface area contributed by atoms with Gasteiger partial charge in [0.25, 0.3) is 0 Å². The summed E-state index contributed by atoms with van der Waals surface area (Å²) in [6, 6.07) is 14.3. The van der Waals surface area contributed by atoms with E-state index < -0.39 is 0 Å². The van der Waals surface area contributed by atoms with Crippen LogP contribution in [0.5, 0.6) is 5.75 Å². The highest BCUT2D eigenvalue weighted by atomic mass is 16.5. The Balaban J connectivity index is 1.51. The van der Waals surface area contributed by atoms with Gasteiger partial charge in [-0.3, -0.25) is 4.99 Å². The van der Waals surface area contributed by atoms with Crippen molar-refractivity contribution < 1.29 is 9.15 Å². The predicted molar refractivity (Wildman–Crippen MR) is 116 cm³/mol. The van der Waals surface area contributed by atoms with E-state index in [4.69, 9.17) is 9.15 Å². The van der Waals surface area contributed by atoms with E-state index in [1.165, 1.54) is 16.7 Å². The van der Waals surface area contributed by atoms with Crippen molar-refractivity contribution in [3.05, 3.63) is 71.1 Å². The van der Waals surface area contributed by atoms with Gasteiger partial charge >= 0.3 is 0 Å². The standard InChI is InChI=1S/C23H28N4O2/c1-16-5-8-18(9-6-16)22-27-20(15-29-22)14-26-23(24-3)25-12-11-19-13-17(2)7-10-21(19)28-4/h5-10,13,15H,11-12,14H2,1-4H3,(H2,24,25,26). The molecule has 0 aliphatic rings. The molecular formula is C23H28N4O2. The van der Waals surface area contributed by atoms with Crippen LogP contribution in [0.15, 0.2) is 58.1 Å². The van der Waals surface area contributed by atoms with Crippen molar-refractivity contribution in [3.8, 4) is 17.2 Å². The Morgan fingerprint density at radius 3 is 2.55 bits per heavy atom. The van der Waals surface area contributed by atoms with Gasteiger partial charge in [0.1, 0.15) is 12.0 Å². The number of aromatic nitrogens is 1. The van der Waals surface area contributed by atoms with Crippen LogP contribution in [-0.2, 0) is 13.0 Å². The largest absolute Gasteiger partial charge is 0.496 e. The summed E-state index contributed by atoms with van der Waals surface area (Å²) in [5.41, 5.74) is 5.40. The third kappa shape index (κ3) is 5.60. The molecule has 0 unspecified atom stereocenters. The Bertz CT molecular complexity index is 961. The fourth-order valence-corrected chi connectivity index (χ4v) is 3.03. The van der Waals surface area contributed by atoms with E-state index in [1.54, 1.807) is 20.4 Å². The molecule has 0 amide bonds. The lowest BCUT2D eigenvalue weighted by Crippen LogP contribution is -2.37. The van der Waals surface area contributed by atoms with Crippen LogP contribution in [0.4, 0.5) is 0 Å². The Labute approximate surface area is 172 Å². The molecule has 2 N–H and O–H groups in total. The number of aliphatic imine (C=N–C) groups is 1. The van der Waals surface area contributed by atoms with Crippen LogP contribution >= 0.6 is 0 Å². The van der Waals surface area contributed by atoms with Crippen molar-refractivity contribution in [1.82, 2.24) is 15.6 Å². The zero-order chi connectivity index (χ0) is 20.6. The molecule has 3 rings (SSSR count). The quantitative estimate of drug-likeness (QED) is 0.472. The van der Waals surface area contributed by atoms with Crippen LogP contribution in [0, 0.1) is 13.8 Å². The van der Waals surface area contributed by atoms with Gasteiger partial charge in [0.05, 0.1) is 19.3 Å². The third-order valence-corrected chi connectivity index (χ3v) is 4.63. The van der Waals surface area contributed by atoms with Crippen LogP contribution in [0.1, 0.15) is 22.4 Å². The number of aryl methyl sites for hydroxylation is 2. The summed E-state index contributed by atoms with van der Waals surface area (Å²) < 4.78 is 11.0. The Morgan fingerprint density at radius 1 is 1.07 bits per heavy atom. The van der Waals surface area contributed by atoms with Crippen molar-refractivity contribution >= 4 is 5.96 Å². The molecule has 0 saturated heterocycles. The number of nitrogens with one attached hydrogen (secondary N) is 2. The molecule has 0 aliphatic heterocycles. The molecule has 1 heterocycles. The molecule has 6 heteroatoms. The van der Waals surface area contributed by atoms with E-state index in [-0.39, 0.29) is 0 Å². The first-order valence-electron chi connectivity index (χ1n) is 9.68. The SMILES string of the molecule is CN=C(NCCc1cc(C)ccc1OC)NCc1coc(-c2ccc(C)cc2)n1. The zero-order valence-corrected chi connectivity index (χ0v) is 17.5. The highest BCUT2D eigenvalue weighted by Crippen LogP contribution is 2.20. The molecule has 0 spiro atoms. The Morgan fingerprint density at radius 2 is 1.83 bits per heavy atom. The summed E-state index contributed by atoms with van der Waals surface area (Å²) >= 11 is 0. The van der Waals surface area contributed by atoms with Gasteiger partial charge in [-0.05, 0) is 44.0 Å². The first kappa shape index (κ1) is 20.5. The first-order chi connectivity index (χ1) is 14.1. The fourth-order valence-electron chi connectivity index (χ4n) is 3.03. The van der Waals surface area contributed by atoms with Gasteiger partial charge in [-0.25, -0.2) is 4.98 Å². The molecule has 29 heavy (non-hydrogen) atoms. The number of ether oxygens (including phenoxy) is 1. The number of guanidine groups is 1. The molecule has 0 aliphatic carbocycles. The van der Waals surface area contributed by atoms with E-state index in [0.29, 0.717) is 12.4 Å². The summed E-state index contributed by atoms with van der Waals surface area (Å²) in [4.78, 5) is 8.82. The molecule has 0 bridgehead atoms. The van der Waals surface area contributed by atoms with Gasteiger partial charge in [0.2, 0.25) is 5.89 Å². The zero-order valence-electron chi connectivity index (χ0n) is 17.5. The number of hydrogen-bond donors (Lipinski definition) is 2. The van der Waals surface area contributed by atoms with Gasteiger partial charge in [0.15, 0.2) is 5.96 Å². The number of oxazole rings is 1. The second-order valence-corrected chi connectivity index (χ2v) is 6.93. The molecule has 0 fully saturated rings. The number of hydrogen-bond acceptors (Lipinski definition) is 4. The lowest BCUT2D eigenvalue weighted by atomic mass is 10.1. The fraction of sp³-hybridized carbons (Fsp3) is 0.304. The monoisotopic (exact) mass is 392 g/mol. The minimum absolute atomic E-state index is 0.531. The average molecular weight is 393 g/mol. The van der Waals surface area contributed by atoms with E-state index in [9.17, 15) is 0 Å². The van der Waals surface area contributed by atoms with Crippen LogP contribution in [-0.4, -0.2) is 31.6 Å². The molecule has 0 saturated carbocycles. The van der Waals surface area contributed by atoms with Crippen LogP contribution in [0.25, 0.3) is 11.5 Å². The second-order valence-electron chi connectivity index (χ2n) is 6.93. The Hall–Kier alpha value is -3.28. The molecule has 0 atom stereocenters. The summed E-state index contributed by atoms with van der Waals surface area (Å²) in [5, 5.41) is 6.60. The summed E-state index contributed by atoms with van der Waals surface area (Å²) in [6.45, 7) is 5.41. The van der Waals surface area contributed by atoms with Crippen LogP contribution in [0.2, 0.25) is 0 Å². The van der Waals surface area contributed by atoms with Gasteiger partial charge < -0.3 is 19.8 Å². The van der Waals surface area contributed by atoms with Gasteiger partial charge in [-0.15, -0.1) is 0 Å². The summed E-state index contributed by atoms with van der Waals surface area (Å²) in [6.07, 6.45) is 2.51. The highest BCUT2D eigenvalue weighted by Gasteiger charge is 2.08. The molecular weight excluding hydrogens is 364 g/mol. The molecule has 0 radical (unpaired) electrons. The van der Waals surface area contributed by atoms with E-state index in [0.717, 1.165) is 35.9 Å². The maximum absolute atomic E-state index is 5.61. The van der Waals surface area contributed by atoms with Crippen molar-refractivity contribution in [3.63, 3.8) is 0 Å². The van der Waals surface area contributed by atoms with Crippen molar-refractivity contribution in [2.75, 3.05) is 20.7 Å². The predicted octanol–water partition coefficient (Wildman–Crippen LogP) is 3.87. The molecule has 2 aromatic carbocycles. The van der Waals surface area contributed by atoms with Crippen LogP contribution in [0.3, 0.4) is 0 Å². The number of rotatable bonds is 7. The minimum Gasteiger partial charge on any atom is -0.496 e. The lowest BCUT2D eigenvalue weighted by Gasteiger charge is -2.13. The topological polar surface area (TPSA) is 71.7 Å². The molecule has 3 aromatic rings. The van der Waals surface area contributed by atoms with Crippen molar-refractivity contribution in [1.29, 1.82) is 0 Å². The van der Waals surface area contributed by atoms with Crippen molar-refractivity contribution in [2.24, 2.45) is 4.99 Å². The number of nitrogens with zero attached hydrogens (tertiary/aromatic N) is 2. The Kier molecular flexibility index (Phi) is 6.89. The third-order valence-electron chi connectivity index (χ3n) is 4.63.